The molecule has 1 aliphatic heterocycles. The molecule has 76 valence electrons. The van der Waals surface area contributed by atoms with Crippen molar-refractivity contribution in [3.63, 3.8) is 0 Å². The van der Waals surface area contributed by atoms with E-state index in [0.29, 0.717) is 6.04 Å². The van der Waals surface area contributed by atoms with Gasteiger partial charge in [0.05, 0.1) is 0 Å². The molecular formula is C11H17N3. The van der Waals surface area contributed by atoms with Gasteiger partial charge in [-0.1, -0.05) is 6.07 Å². The predicted octanol–water partition coefficient (Wildman–Crippen LogP) is 0.923. The van der Waals surface area contributed by atoms with Crippen molar-refractivity contribution in [3.05, 3.63) is 29.6 Å². The van der Waals surface area contributed by atoms with Gasteiger partial charge in [-0.2, -0.15) is 0 Å². The van der Waals surface area contributed by atoms with Crippen molar-refractivity contribution in [2.75, 3.05) is 13.1 Å². The van der Waals surface area contributed by atoms with Crippen molar-refractivity contribution < 1.29 is 0 Å². The maximum Gasteiger partial charge on any atom is 0.0313 e. The van der Waals surface area contributed by atoms with Crippen LogP contribution in [0.4, 0.5) is 0 Å². The largest absolute Gasteiger partial charge is 0.326 e. The molecule has 0 amide bonds. The fourth-order valence-corrected chi connectivity index (χ4v) is 1.97. The molecule has 3 nitrogen and oxygen atoms in total. The zero-order valence-electron chi connectivity index (χ0n) is 8.61. The number of hydrogen-bond donors (Lipinski definition) is 1. The van der Waals surface area contributed by atoms with Crippen molar-refractivity contribution in [1.82, 2.24) is 9.88 Å². The molecule has 1 saturated heterocycles. The van der Waals surface area contributed by atoms with Crippen molar-refractivity contribution in [1.29, 1.82) is 0 Å². The molecule has 2 rings (SSSR count). The number of likely N-dealkylation sites (tertiary alicyclic amines) is 1. The highest BCUT2D eigenvalue weighted by Gasteiger charge is 2.18. The monoisotopic (exact) mass is 191 g/mol. The highest BCUT2D eigenvalue weighted by molar-refractivity contribution is 5.16. The maximum absolute atomic E-state index is 5.85. The molecule has 2 heterocycles. The van der Waals surface area contributed by atoms with Gasteiger partial charge in [-0.25, -0.2) is 0 Å². The Balaban J connectivity index is 1.97. The van der Waals surface area contributed by atoms with Crippen LogP contribution in [-0.2, 0) is 6.54 Å². The summed E-state index contributed by atoms with van der Waals surface area (Å²) in [4.78, 5) is 6.58. The molecule has 0 aliphatic carbocycles. The minimum atomic E-state index is 0.368. The second kappa shape index (κ2) is 4.07. The minimum absolute atomic E-state index is 0.368. The van der Waals surface area contributed by atoms with E-state index < -0.39 is 0 Å². The highest BCUT2D eigenvalue weighted by atomic mass is 15.2. The van der Waals surface area contributed by atoms with Crippen LogP contribution in [-0.4, -0.2) is 29.0 Å². The maximum atomic E-state index is 5.85. The lowest BCUT2D eigenvalue weighted by Gasteiger charge is -2.14. The first-order valence-corrected chi connectivity index (χ1v) is 5.12. The number of aromatic nitrogens is 1. The second-order valence-electron chi connectivity index (χ2n) is 4.15. The first-order valence-electron chi connectivity index (χ1n) is 5.12. The molecular weight excluding hydrogens is 174 g/mol. The Kier molecular flexibility index (Phi) is 2.79. The van der Waals surface area contributed by atoms with Gasteiger partial charge in [-0.05, 0) is 24.5 Å². The molecule has 1 aromatic heterocycles. The number of nitrogens with zero attached hydrogens (tertiary/aromatic N) is 2. The van der Waals surface area contributed by atoms with Crippen LogP contribution in [0.25, 0.3) is 0 Å². The molecule has 1 atom stereocenters. The summed E-state index contributed by atoms with van der Waals surface area (Å²) < 4.78 is 0. The number of rotatable bonds is 2. The fourth-order valence-electron chi connectivity index (χ4n) is 1.97. The summed E-state index contributed by atoms with van der Waals surface area (Å²) in [6.07, 6.45) is 4.95. The van der Waals surface area contributed by atoms with Crippen LogP contribution in [0.15, 0.2) is 18.5 Å². The van der Waals surface area contributed by atoms with E-state index in [9.17, 15) is 0 Å². The van der Waals surface area contributed by atoms with Gasteiger partial charge in [0, 0.05) is 38.1 Å². The molecule has 0 bridgehead atoms. The third-order valence-electron chi connectivity index (χ3n) is 2.65. The number of hydrogen-bond acceptors (Lipinski definition) is 3. The van der Waals surface area contributed by atoms with Crippen LogP contribution >= 0.6 is 0 Å². The van der Waals surface area contributed by atoms with E-state index in [4.69, 9.17) is 5.73 Å². The summed E-state index contributed by atoms with van der Waals surface area (Å²) in [7, 11) is 0. The van der Waals surface area contributed by atoms with Gasteiger partial charge in [0.1, 0.15) is 0 Å². The summed E-state index contributed by atoms with van der Waals surface area (Å²) >= 11 is 0. The van der Waals surface area contributed by atoms with E-state index in [2.05, 4.69) is 22.9 Å². The minimum Gasteiger partial charge on any atom is -0.326 e. The molecule has 0 aromatic carbocycles. The average Bonchev–Trinajstić information content (AvgIpc) is 2.51. The van der Waals surface area contributed by atoms with Crippen LogP contribution < -0.4 is 5.73 Å². The van der Waals surface area contributed by atoms with Gasteiger partial charge < -0.3 is 5.73 Å². The van der Waals surface area contributed by atoms with Crippen molar-refractivity contribution >= 4 is 0 Å². The molecule has 0 saturated carbocycles. The van der Waals surface area contributed by atoms with Crippen LogP contribution in [0, 0.1) is 6.92 Å². The summed E-state index contributed by atoms with van der Waals surface area (Å²) in [5.74, 6) is 0. The third kappa shape index (κ3) is 2.30. The van der Waals surface area contributed by atoms with E-state index >= 15 is 0 Å². The molecule has 1 aromatic rings. The normalized spacial score (nSPS) is 22.9. The van der Waals surface area contributed by atoms with Gasteiger partial charge in [0.25, 0.3) is 0 Å². The Bertz CT molecular complexity index is 311. The van der Waals surface area contributed by atoms with Crippen LogP contribution in [0.5, 0.6) is 0 Å². The van der Waals surface area contributed by atoms with Gasteiger partial charge in [-0.3, -0.25) is 9.88 Å². The average molecular weight is 191 g/mol. The van der Waals surface area contributed by atoms with Crippen molar-refractivity contribution in [2.45, 2.75) is 25.9 Å². The van der Waals surface area contributed by atoms with E-state index in [1.54, 1.807) is 0 Å². The Morgan fingerprint density at radius 2 is 2.43 bits per heavy atom. The lowest BCUT2D eigenvalue weighted by molar-refractivity contribution is 0.326. The Morgan fingerprint density at radius 1 is 1.57 bits per heavy atom. The number of nitrogens with two attached hydrogens (primary N) is 1. The topological polar surface area (TPSA) is 42.2 Å². The molecule has 0 spiro atoms. The molecule has 14 heavy (non-hydrogen) atoms. The second-order valence-corrected chi connectivity index (χ2v) is 4.15. The van der Waals surface area contributed by atoms with E-state index in [0.717, 1.165) is 26.1 Å². The standard InChI is InChI=1S/C11H17N3/c1-9-4-10(6-13-5-9)7-14-3-2-11(12)8-14/h4-6,11H,2-3,7-8,12H2,1H3/t11-/m1/s1. The van der Waals surface area contributed by atoms with Gasteiger partial charge in [0.15, 0.2) is 0 Å². The first-order chi connectivity index (χ1) is 6.74. The molecule has 1 aliphatic rings. The molecule has 2 N–H and O–H groups in total. The highest BCUT2D eigenvalue weighted by Crippen LogP contribution is 2.12. The SMILES string of the molecule is Cc1cncc(CN2CC[C@@H](N)C2)c1. The Labute approximate surface area is 84.9 Å². The van der Waals surface area contributed by atoms with Crippen molar-refractivity contribution in [2.24, 2.45) is 5.73 Å². The van der Waals surface area contributed by atoms with Gasteiger partial charge in [0.2, 0.25) is 0 Å². The molecule has 1 fully saturated rings. The molecule has 0 unspecified atom stereocenters. The number of aryl methyl sites for hydroxylation is 1. The molecule has 3 heteroatoms. The Hall–Kier alpha value is -0.930. The van der Waals surface area contributed by atoms with Crippen LogP contribution in [0.1, 0.15) is 17.5 Å². The lowest BCUT2D eigenvalue weighted by Crippen LogP contribution is -2.26. The summed E-state index contributed by atoms with van der Waals surface area (Å²) in [6.45, 7) is 5.21. The van der Waals surface area contributed by atoms with Crippen molar-refractivity contribution in [3.8, 4) is 0 Å². The van der Waals surface area contributed by atoms with E-state index in [1.807, 2.05) is 12.4 Å². The number of pyridine rings is 1. The third-order valence-corrected chi connectivity index (χ3v) is 2.65. The first kappa shape index (κ1) is 9.62. The van der Waals surface area contributed by atoms with Crippen LogP contribution in [0.3, 0.4) is 0 Å². The lowest BCUT2D eigenvalue weighted by atomic mass is 10.2. The zero-order chi connectivity index (χ0) is 9.97. The van der Waals surface area contributed by atoms with E-state index in [-0.39, 0.29) is 0 Å². The predicted molar refractivity (Wildman–Crippen MR) is 56.8 cm³/mol. The fraction of sp³-hybridized carbons (Fsp3) is 0.545. The Morgan fingerprint density at radius 3 is 3.07 bits per heavy atom. The smallest absolute Gasteiger partial charge is 0.0313 e. The molecule has 0 radical (unpaired) electrons. The summed E-state index contributed by atoms with van der Waals surface area (Å²) in [5, 5.41) is 0. The van der Waals surface area contributed by atoms with E-state index in [1.165, 1.54) is 11.1 Å². The van der Waals surface area contributed by atoms with Gasteiger partial charge >= 0.3 is 0 Å². The quantitative estimate of drug-likeness (QED) is 0.756. The van der Waals surface area contributed by atoms with Crippen LogP contribution in [0.2, 0.25) is 0 Å². The zero-order valence-corrected chi connectivity index (χ0v) is 8.61. The van der Waals surface area contributed by atoms with Gasteiger partial charge in [-0.15, -0.1) is 0 Å². The summed E-state index contributed by atoms with van der Waals surface area (Å²) in [5.41, 5.74) is 8.37. The summed E-state index contributed by atoms with van der Waals surface area (Å²) in [6, 6.07) is 2.56.